The molecule has 274 valence electrons. The van der Waals surface area contributed by atoms with Crippen LogP contribution in [0.3, 0.4) is 0 Å². The lowest BCUT2D eigenvalue weighted by Crippen LogP contribution is -2.59. The first-order valence-corrected chi connectivity index (χ1v) is 17.5. The fourth-order valence-electron chi connectivity index (χ4n) is 5.84. The van der Waals surface area contributed by atoms with Gasteiger partial charge >= 0.3 is 6.09 Å². The zero-order chi connectivity index (χ0) is 37.3. The molecule has 12 heteroatoms. The number of hydrogen-bond acceptors (Lipinski definition) is 7. The molecule has 3 N–H and O–H groups in total. The summed E-state index contributed by atoms with van der Waals surface area (Å²) in [6.45, 7) is 9.56. The Labute approximate surface area is 304 Å². The average molecular weight is 709 g/mol. The molecular weight excluding hydrogens is 660 g/mol. The molecule has 4 aromatic rings. The maximum atomic E-state index is 14.2. The number of hydrogen-bond donors (Lipinski definition) is 3. The number of anilines is 1. The second-order valence-corrected chi connectivity index (χ2v) is 14.3. The molecule has 1 saturated heterocycles. The van der Waals surface area contributed by atoms with Gasteiger partial charge in [0.05, 0.1) is 13.2 Å². The highest BCUT2D eigenvalue weighted by molar-refractivity contribution is 5.99. The predicted octanol–water partition coefficient (Wildman–Crippen LogP) is 5.71. The number of alkyl carbamates (subject to hydrolysis) is 1. The molecule has 0 radical (unpaired) electrons. The lowest BCUT2D eigenvalue weighted by molar-refractivity contribution is -0.132. The third-order valence-corrected chi connectivity index (χ3v) is 8.46. The summed E-state index contributed by atoms with van der Waals surface area (Å²) < 4.78 is 13.1. The summed E-state index contributed by atoms with van der Waals surface area (Å²) in [5.74, 6) is -0.609. The van der Waals surface area contributed by atoms with Crippen molar-refractivity contribution in [3.8, 4) is 11.4 Å². The number of benzene rings is 3. The Morgan fingerprint density at radius 1 is 0.827 bits per heavy atom. The standard InChI is InChI=1S/C40H48N6O6/c1-39(2,3)52-38(50)44-40(4,5)37(49)41-31(27-51-26-28-17-9-6-10-18-28)35(47)43-32-25-46(34(42-32)30-21-13-8-14-22-30)33(29-19-11-7-12-20-29)36(48)45-23-15-16-24-45/h6-14,17-22,25,31,33H,15-16,23-24,26-27H2,1-5H3,(H,41,49)(H,43,47)(H,44,50). The minimum Gasteiger partial charge on any atom is -0.444 e. The Balaban J connectivity index is 1.44. The van der Waals surface area contributed by atoms with Gasteiger partial charge in [-0.05, 0) is 58.6 Å². The van der Waals surface area contributed by atoms with Gasteiger partial charge in [0.1, 0.15) is 29.0 Å². The van der Waals surface area contributed by atoms with Crippen LogP contribution in [-0.2, 0) is 30.5 Å². The minimum absolute atomic E-state index is 0.0599. The van der Waals surface area contributed by atoms with E-state index in [2.05, 4.69) is 16.0 Å². The molecule has 2 atom stereocenters. The molecule has 1 aliphatic rings. The Bertz CT molecular complexity index is 1820. The van der Waals surface area contributed by atoms with E-state index in [1.807, 2.05) is 95.9 Å². The van der Waals surface area contributed by atoms with Crippen molar-refractivity contribution in [1.29, 1.82) is 0 Å². The number of rotatable bonds is 13. The smallest absolute Gasteiger partial charge is 0.408 e. The summed E-state index contributed by atoms with van der Waals surface area (Å²) >= 11 is 0. The van der Waals surface area contributed by atoms with Gasteiger partial charge in [0.25, 0.3) is 5.91 Å². The Morgan fingerprint density at radius 2 is 1.42 bits per heavy atom. The van der Waals surface area contributed by atoms with E-state index in [9.17, 15) is 19.2 Å². The molecule has 1 aromatic heterocycles. The lowest BCUT2D eigenvalue weighted by atomic mass is 10.0. The molecule has 5 rings (SSSR count). The second-order valence-electron chi connectivity index (χ2n) is 14.3. The summed E-state index contributed by atoms with van der Waals surface area (Å²) in [7, 11) is 0. The number of nitrogens with one attached hydrogen (secondary N) is 3. The fraction of sp³-hybridized carbons (Fsp3) is 0.375. The fourth-order valence-corrected chi connectivity index (χ4v) is 5.84. The van der Waals surface area contributed by atoms with Crippen LogP contribution in [0.2, 0.25) is 0 Å². The van der Waals surface area contributed by atoms with Crippen molar-refractivity contribution >= 4 is 29.6 Å². The summed E-state index contributed by atoms with van der Waals surface area (Å²) in [5.41, 5.74) is 0.211. The van der Waals surface area contributed by atoms with E-state index in [0.717, 1.165) is 29.5 Å². The molecule has 2 heterocycles. The van der Waals surface area contributed by atoms with Crippen LogP contribution in [0.25, 0.3) is 11.4 Å². The largest absolute Gasteiger partial charge is 0.444 e. The van der Waals surface area contributed by atoms with Crippen LogP contribution in [0.15, 0.2) is 97.2 Å². The summed E-state index contributed by atoms with van der Waals surface area (Å²) in [4.78, 5) is 61.0. The van der Waals surface area contributed by atoms with Gasteiger partial charge in [-0.15, -0.1) is 0 Å². The van der Waals surface area contributed by atoms with Gasteiger partial charge in [-0.1, -0.05) is 91.0 Å². The molecule has 52 heavy (non-hydrogen) atoms. The predicted molar refractivity (Wildman–Crippen MR) is 198 cm³/mol. The SMILES string of the molecule is CC(C)(C)OC(=O)NC(C)(C)C(=O)NC(COCc1ccccc1)C(=O)Nc1cn(C(C(=O)N2CCCC2)c2ccccc2)c(-c2ccccc2)n1. The number of likely N-dealkylation sites (tertiary alicyclic amines) is 1. The van der Waals surface area contributed by atoms with Crippen LogP contribution in [0.5, 0.6) is 0 Å². The third kappa shape index (κ3) is 10.1. The highest BCUT2D eigenvalue weighted by atomic mass is 16.6. The van der Waals surface area contributed by atoms with Crippen molar-refractivity contribution < 1.29 is 28.7 Å². The number of aromatic nitrogens is 2. The molecule has 1 fully saturated rings. The van der Waals surface area contributed by atoms with Gasteiger partial charge in [0.15, 0.2) is 5.82 Å². The van der Waals surface area contributed by atoms with Crippen molar-refractivity contribution in [2.75, 3.05) is 25.0 Å². The van der Waals surface area contributed by atoms with E-state index in [-0.39, 0.29) is 24.9 Å². The Morgan fingerprint density at radius 3 is 2.04 bits per heavy atom. The molecule has 4 amide bonds. The van der Waals surface area contributed by atoms with Crippen LogP contribution in [0.4, 0.5) is 10.6 Å². The van der Waals surface area contributed by atoms with Crippen LogP contribution in [-0.4, -0.2) is 75.1 Å². The number of nitrogens with zero attached hydrogens (tertiary/aromatic N) is 3. The monoisotopic (exact) mass is 708 g/mol. The highest BCUT2D eigenvalue weighted by Crippen LogP contribution is 2.31. The summed E-state index contributed by atoms with van der Waals surface area (Å²) in [5, 5.41) is 8.19. The third-order valence-electron chi connectivity index (χ3n) is 8.46. The Hall–Kier alpha value is -5.49. The van der Waals surface area contributed by atoms with Crippen molar-refractivity contribution in [1.82, 2.24) is 25.1 Å². The number of carbonyl (C=O) groups excluding carboxylic acids is 4. The molecule has 12 nitrogen and oxygen atoms in total. The highest BCUT2D eigenvalue weighted by Gasteiger charge is 2.36. The number of amides is 4. The topological polar surface area (TPSA) is 144 Å². The van der Waals surface area contributed by atoms with Gasteiger partial charge in [0.2, 0.25) is 11.8 Å². The van der Waals surface area contributed by atoms with Crippen molar-refractivity contribution in [3.05, 3.63) is 108 Å². The van der Waals surface area contributed by atoms with E-state index in [1.54, 1.807) is 31.5 Å². The first kappa shape index (κ1) is 37.8. The first-order chi connectivity index (χ1) is 24.8. The number of ether oxygens (including phenoxy) is 2. The molecule has 3 aromatic carbocycles. The molecule has 0 aliphatic carbocycles. The summed E-state index contributed by atoms with van der Waals surface area (Å²) in [6, 6.07) is 26.5. The van der Waals surface area contributed by atoms with Gasteiger partial charge in [0, 0.05) is 24.8 Å². The Kier molecular flexibility index (Phi) is 12.1. The van der Waals surface area contributed by atoms with Crippen molar-refractivity contribution in [2.45, 2.75) is 77.3 Å². The average Bonchev–Trinajstić information content (AvgIpc) is 3.79. The minimum atomic E-state index is -1.44. The van der Waals surface area contributed by atoms with E-state index < -0.39 is 41.1 Å². The quantitative estimate of drug-likeness (QED) is 0.162. The van der Waals surface area contributed by atoms with Crippen molar-refractivity contribution in [3.63, 3.8) is 0 Å². The molecule has 0 saturated carbocycles. The zero-order valence-electron chi connectivity index (χ0n) is 30.4. The maximum Gasteiger partial charge on any atom is 0.408 e. The lowest BCUT2D eigenvalue weighted by Gasteiger charge is -2.29. The van der Waals surface area contributed by atoms with Gasteiger partial charge in [-0.25, -0.2) is 9.78 Å². The van der Waals surface area contributed by atoms with Gasteiger partial charge in [-0.3, -0.25) is 14.4 Å². The molecule has 0 bridgehead atoms. The molecule has 0 spiro atoms. The number of imidazole rings is 1. The molecule has 1 aliphatic heterocycles. The maximum absolute atomic E-state index is 14.2. The summed E-state index contributed by atoms with van der Waals surface area (Å²) in [6.07, 6.45) is 2.76. The number of carbonyl (C=O) groups is 4. The normalized spacial score (nSPS) is 14.3. The zero-order valence-corrected chi connectivity index (χ0v) is 30.4. The van der Waals surface area contributed by atoms with Crippen LogP contribution >= 0.6 is 0 Å². The van der Waals surface area contributed by atoms with E-state index >= 15 is 0 Å². The van der Waals surface area contributed by atoms with Crippen molar-refractivity contribution in [2.24, 2.45) is 0 Å². The second kappa shape index (κ2) is 16.7. The van der Waals surface area contributed by atoms with E-state index in [4.69, 9.17) is 14.5 Å². The first-order valence-electron chi connectivity index (χ1n) is 17.5. The van der Waals surface area contributed by atoms with Crippen LogP contribution in [0, 0.1) is 0 Å². The molecule has 2 unspecified atom stereocenters. The molecular formula is C40H48N6O6. The van der Waals surface area contributed by atoms with Crippen LogP contribution in [0.1, 0.15) is 64.6 Å². The van der Waals surface area contributed by atoms with E-state index in [1.165, 1.54) is 13.8 Å². The van der Waals surface area contributed by atoms with Gasteiger partial charge < -0.3 is 34.9 Å². The van der Waals surface area contributed by atoms with E-state index in [0.29, 0.717) is 18.9 Å². The van der Waals surface area contributed by atoms with Gasteiger partial charge in [-0.2, -0.15) is 0 Å². The van der Waals surface area contributed by atoms with Crippen LogP contribution < -0.4 is 16.0 Å².